The molecule has 1 aromatic carbocycles. The minimum Gasteiger partial charge on any atom is -0.349 e. The number of nitrogens with one attached hydrogen (secondary N) is 2. The molecule has 0 spiro atoms. The van der Waals surface area contributed by atoms with E-state index in [0.29, 0.717) is 13.1 Å². The van der Waals surface area contributed by atoms with E-state index in [1.807, 2.05) is 48.4 Å². The van der Waals surface area contributed by atoms with E-state index >= 15 is 0 Å². The Balaban J connectivity index is 1.33. The normalized spacial score (nSPS) is 17.4. The van der Waals surface area contributed by atoms with Gasteiger partial charge in [0.2, 0.25) is 0 Å². The van der Waals surface area contributed by atoms with Gasteiger partial charge in [0.05, 0.1) is 5.56 Å². The van der Waals surface area contributed by atoms with Crippen LogP contribution in [0.1, 0.15) is 44.8 Å². The van der Waals surface area contributed by atoms with Crippen LogP contribution in [-0.2, 0) is 13.1 Å². The van der Waals surface area contributed by atoms with E-state index in [-0.39, 0.29) is 17.9 Å². The molecule has 2 aliphatic heterocycles. The van der Waals surface area contributed by atoms with E-state index in [0.717, 1.165) is 54.9 Å². The van der Waals surface area contributed by atoms with Crippen molar-refractivity contribution in [2.75, 3.05) is 19.6 Å². The van der Waals surface area contributed by atoms with Crippen molar-refractivity contribution in [1.82, 2.24) is 20.1 Å². The lowest BCUT2D eigenvalue weighted by atomic mass is 10.0. The molecule has 0 saturated carbocycles. The van der Waals surface area contributed by atoms with E-state index in [4.69, 9.17) is 0 Å². The Morgan fingerprint density at radius 3 is 2.56 bits per heavy atom. The first kappa shape index (κ1) is 17.8. The SMILES string of the molecule is Cc1ccc(C(=O)N2CCC(NC(=O)c3ccn4c3CNCC4)CC2)cc1. The first-order valence-electron chi connectivity index (χ1n) is 9.67. The Morgan fingerprint density at radius 2 is 1.81 bits per heavy atom. The van der Waals surface area contributed by atoms with Gasteiger partial charge in [-0.1, -0.05) is 17.7 Å². The third kappa shape index (κ3) is 3.76. The van der Waals surface area contributed by atoms with Crippen LogP contribution in [0, 0.1) is 6.92 Å². The molecule has 0 aliphatic carbocycles. The molecule has 2 N–H and O–H groups in total. The Bertz CT molecular complexity index is 832. The third-order valence-corrected chi connectivity index (χ3v) is 5.56. The second-order valence-electron chi connectivity index (χ2n) is 7.45. The summed E-state index contributed by atoms with van der Waals surface area (Å²) in [6.07, 6.45) is 3.57. The number of aryl methyl sites for hydroxylation is 1. The van der Waals surface area contributed by atoms with E-state index in [1.54, 1.807) is 0 Å². The first-order valence-corrected chi connectivity index (χ1v) is 9.67. The molecule has 2 aliphatic rings. The summed E-state index contributed by atoms with van der Waals surface area (Å²) in [6, 6.07) is 9.73. The van der Waals surface area contributed by atoms with Crippen LogP contribution in [0.15, 0.2) is 36.5 Å². The second-order valence-corrected chi connectivity index (χ2v) is 7.45. The number of fused-ring (bicyclic) bond motifs is 1. The van der Waals surface area contributed by atoms with Gasteiger partial charge in [0.15, 0.2) is 0 Å². The van der Waals surface area contributed by atoms with Crippen molar-refractivity contribution in [3.63, 3.8) is 0 Å². The standard InChI is InChI=1S/C21H26N4O2/c1-15-2-4-16(5-3-15)21(27)25-10-6-17(7-11-25)23-20(26)18-8-12-24-13-9-22-14-19(18)24/h2-5,8,12,17,22H,6-7,9-11,13-14H2,1H3,(H,23,26). The number of hydrogen-bond donors (Lipinski definition) is 2. The first-order chi connectivity index (χ1) is 13.1. The summed E-state index contributed by atoms with van der Waals surface area (Å²) in [5.41, 5.74) is 3.71. The Hall–Kier alpha value is -2.60. The van der Waals surface area contributed by atoms with Crippen molar-refractivity contribution in [3.8, 4) is 0 Å². The topological polar surface area (TPSA) is 66.4 Å². The van der Waals surface area contributed by atoms with Gasteiger partial charge in [-0.2, -0.15) is 0 Å². The van der Waals surface area contributed by atoms with Crippen LogP contribution in [0.5, 0.6) is 0 Å². The van der Waals surface area contributed by atoms with Crippen LogP contribution in [-0.4, -0.2) is 47.0 Å². The Morgan fingerprint density at radius 1 is 1.07 bits per heavy atom. The summed E-state index contributed by atoms with van der Waals surface area (Å²) in [7, 11) is 0. The molecule has 1 fully saturated rings. The number of aromatic nitrogens is 1. The Kier molecular flexibility index (Phi) is 4.99. The minimum absolute atomic E-state index is 0.00392. The molecule has 0 bridgehead atoms. The number of carbonyl (C=O) groups is 2. The number of carbonyl (C=O) groups excluding carboxylic acids is 2. The van der Waals surface area contributed by atoms with Gasteiger partial charge in [0.1, 0.15) is 0 Å². The highest BCUT2D eigenvalue weighted by atomic mass is 16.2. The minimum atomic E-state index is -0.00392. The van der Waals surface area contributed by atoms with Gasteiger partial charge >= 0.3 is 0 Å². The van der Waals surface area contributed by atoms with Gasteiger partial charge in [-0.25, -0.2) is 0 Å². The zero-order valence-corrected chi connectivity index (χ0v) is 15.7. The molecule has 0 unspecified atom stereocenters. The van der Waals surface area contributed by atoms with Crippen molar-refractivity contribution in [1.29, 1.82) is 0 Å². The maximum Gasteiger partial charge on any atom is 0.253 e. The number of piperidine rings is 1. The summed E-state index contributed by atoms with van der Waals surface area (Å²) in [4.78, 5) is 27.2. The van der Waals surface area contributed by atoms with Crippen LogP contribution in [0.2, 0.25) is 0 Å². The van der Waals surface area contributed by atoms with Gasteiger partial charge in [-0.15, -0.1) is 0 Å². The number of likely N-dealkylation sites (tertiary alicyclic amines) is 1. The zero-order valence-electron chi connectivity index (χ0n) is 15.7. The van der Waals surface area contributed by atoms with Crippen LogP contribution in [0.4, 0.5) is 0 Å². The zero-order chi connectivity index (χ0) is 18.8. The molecule has 3 heterocycles. The molecule has 1 saturated heterocycles. The predicted octanol–water partition coefficient (Wildman–Crippen LogP) is 1.93. The van der Waals surface area contributed by atoms with Crippen molar-refractivity contribution in [2.45, 2.75) is 38.9 Å². The molecule has 6 heteroatoms. The summed E-state index contributed by atoms with van der Waals surface area (Å²) in [6.45, 7) is 5.94. The fraction of sp³-hybridized carbons (Fsp3) is 0.429. The predicted molar refractivity (Wildman–Crippen MR) is 104 cm³/mol. The quantitative estimate of drug-likeness (QED) is 0.872. The van der Waals surface area contributed by atoms with Gasteiger partial charge in [-0.3, -0.25) is 9.59 Å². The summed E-state index contributed by atoms with van der Waals surface area (Å²) in [5.74, 6) is 0.0723. The average molecular weight is 366 g/mol. The molecule has 2 aromatic rings. The number of rotatable bonds is 3. The molecule has 142 valence electrons. The summed E-state index contributed by atoms with van der Waals surface area (Å²) in [5, 5.41) is 6.48. The molecular formula is C21H26N4O2. The number of nitrogens with zero attached hydrogens (tertiary/aromatic N) is 2. The lowest BCUT2D eigenvalue weighted by Gasteiger charge is -2.32. The molecule has 2 amide bonds. The lowest BCUT2D eigenvalue weighted by molar-refractivity contribution is 0.0698. The molecular weight excluding hydrogens is 340 g/mol. The van der Waals surface area contributed by atoms with Crippen molar-refractivity contribution in [2.24, 2.45) is 0 Å². The van der Waals surface area contributed by atoms with Gasteiger partial charge in [0, 0.05) is 56.2 Å². The molecule has 4 rings (SSSR count). The third-order valence-electron chi connectivity index (χ3n) is 5.56. The molecule has 1 aromatic heterocycles. The maximum atomic E-state index is 12.7. The van der Waals surface area contributed by atoms with E-state index in [2.05, 4.69) is 15.2 Å². The number of amides is 2. The van der Waals surface area contributed by atoms with Gasteiger partial charge < -0.3 is 20.1 Å². The molecule has 0 atom stereocenters. The molecule has 0 radical (unpaired) electrons. The van der Waals surface area contributed by atoms with Crippen molar-refractivity contribution < 1.29 is 9.59 Å². The van der Waals surface area contributed by atoms with Crippen LogP contribution < -0.4 is 10.6 Å². The van der Waals surface area contributed by atoms with E-state index in [1.165, 1.54) is 0 Å². The van der Waals surface area contributed by atoms with Crippen molar-refractivity contribution in [3.05, 3.63) is 58.9 Å². The number of hydrogen-bond acceptors (Lipinski definition) is 3. The monoisotopic (exact) mass is 366 g/mol. The highest BCUT2D eigenvalue weighted by molar-refractivity contribution is 5.96. The van der Waals surface area contributed by atoms with E-state index in [9.17, 15) is 9.59 Å². The van der Waals surface area contributed by atoms with Gasteiger partial charge in [-0.05, 0) is 38.0 Å². The van der Waals surface area contributed by atoms with E-state index < -0.39 is 0 Å². The Labute approximate surface area is 159 Å². The molecule has 6 nitrogen and oxygen atoms in total. The van der Waals surface area contributed by atoms with Gasteiger partial charge in [0.25, 0.3) is 11.8 Å². The highest BCUT2D eigenvalue weighted by Gasteiger charge is 2.26. The molecule has 27 heavy (non-hydrogen) atoms. The van der Waals surface area contributed by atoms with Crippen LogP contribution in [0.3, 0.4) is 0 Å². The van der Waals surface area contributed by atoms with Crippen LogP contribution in [0.25, 0.3) is 0 Å². The summed E-state index contributed by atoms with van der Waals surface area (Å²) < 4.78 is 2.15. The smallest absolute Gasteiger partial charge is 0.253 e. The maximum absolute atomic E-state index is 12.7. The fourth-order valence-corrected chi connectivity index (χ4v) is 3.89. The highest BCUT2D eigenvalue weighted by Crippen LogP contribution is 2.17. The second kappa shape index (κ2) is 7.56. The fourth-order valence-electron chi connectivity index (χ4n) is 3.89. The van der Waals surface area contributed by atoms with Crippen LogP contribution >= 0.6 is 0 Å². The lowest BCUT2D eigenvalue weighted by Crippen LogP contribution is -2.46. The average Bonchev–Trinajstić information content (AvgIpc) is 3.13. The largest absolute Gasteiger partial charge is 0.349 e. The summed E-state index contributed by atoms with van der Waals surface area (Å²) >= 11 is 0. The number of benzene rings is 1. The van der Waals surface area contributed by atoms with Crippen molar-refractivity contribution >= 4 is 11.8 Å².